The first-order valence-electron chi connectivity index (χ1n) is 6.24. The Morgan fingerprint density at radius 3 is 3.21 bits per heavy atom. The summed E-state index contributed by atoms with van der Waals surface area (Å²) in [5.41, 5.74) is 1.74. The van der Waals surface area contributed by atoms with E-state index in [2.05, 4.69) is 9.97 Å². The van der Waals surface area contributed by atoms with Crippen LogP contribution in [0.25, 0.3) is 11.0 Å². The van der Waals surface area contributed by atoms with Crippen molar-refractivity contribution in [3.8, 4) is 0 Å². The predicted molar refractivity (Wildman–Crippen MR) is 72.2 cm³/mol. The van der Waals surface area contributed by atoms with Crippen LogP contribution in [0.4, 0.5) is 0 Å². The van der Waals surface area contributed by atoms with Gasteiger partial charge in [-0.05, 0) is 37.6 Å². The average Bonchev–Trinajstić information content (AvgIpc) is 2.95. The van der Waals surface area contributed by atoms with Crippen molar-refractivity contribution in [2.75, 3.05) is 6.54 Å². The topological polar surface area (TPSA) is 69.2 Å². The van der Waals surface area contributed by atoms with Crippen LogP contribution in [0.3, 0.4) is 0 Å². The summed E-state index contributed by atoms with van der Waals surface area (Å²) < 4.78 is 0. The number of benzene rings is 1. The predicted octanol–water partition coefficient (Wildman–Crippen LogP) is 2.27. The number of imidazole rings is 1. The van der Waals surface area contributed by atoms with Gasteiger partial charge in [0.05, 0.1) is 17.6 Å². The van der Waals surface area contributed by atoms with Gasteiger partial charge in [0.2, 0.25) is 0 Å². The zero-order chi connectivity index (χ0) is 13.4. The fourth-order valence-corrected chi connectivity index (χ4v) is 2.77. The molecular weight excluding hydrogens is 266 g/mol. The third kappa shape index (κ3) is 2.43. The molecule has 100 valence electrons. The van der Waals surface area contributed by atoms with Crippen LogP contribution in [-0.4, -0.2) is 38.5 Å². The van der Waals surface area contributed by atoms with Crippen LogP contribution in [0.15, 0.2) is 18.2 Å². The van der Waals surface area contributed by atoms with Gasteiger partial charge in [0.1, 0.15) is 11.9 Å². The van der Waals surface area contributed by atoms with Gasteiger partial charge in [-0.1, -0.05) is 11.6 Å². The number of hydrogen-bond donors (Lipinski definition) is 2. The van der Waals surface area contributed by atoms with Crippen molar-refractivity contribution < 1.29 is 9.90 Å². The standard InChI is InChI=1S/C13H14ClN3O2/c14-8-3-4-9-10(6-8)16-12(15-9)7-17-5-1-2-11(17)13(18)19/h3-4,6,11H,1-2,5,7H2,(H,15,16)(H,18,19). The number of aromatic nitrogens is 2. The maximum atomic E-state index is 11.1. The first-order chi connectivity index (χ1) is 9.13. The van der Waals surface area contributed by atoms with E-state index < -0.39 is 12.0 Å². The maximum Gasteiger partial charge on any atom is 0.320 e. The molecule has 0 radical (unpaired) electrons. The van der Waals surface area contributed by atoms with Crippen LogP contribution < -0.4 is 0 Å². The lowest BCUT2D eigenvalue weighted by atomic mass is 10.2. The summed E-state index contributed by atoms with van der Waals surface area (Å²) in [7, 11) is 0. The number of nitrogens with one attached hydrogen (secondary N) is 1. The Bertz CT molecular complexity index is 625. The molecule has 1 atom stereocenters. The minimum absolute atomic E-state index is 0.392. The Balaban J connectivity index is 1.83. The Hall–Kier alpha value is -1.59. The zero-order valence-corrected chi connectivity index (χ0v) is 11.0. The fourth-order valence-electron chi connectivity index (χ4n) is 2.60. The lowest BCUT2D eigenvalue weighted by molar-refractivity contribution is -0.142. The second-order valence-electron chi connectivity index (χ2n) is 4.81. The number of likely N-dealkylation sites (tertiary alicyclic amines) is 1. The SMILES string of the molecule is O=C(O)C1CCCN1Cc1nc2ccc(Cl)cc2[nH]1. The summed E-state index contributed by atoms with van der Waals surface area (Å²) >= 11 is 5.93. The summed E-state index contributed by atoms with van der Waals surface area (Å²) in [5.74, 6) is 0.0297. The number of carboxylic acids is 1. The molecule has 1 aliphatic heterocycles. The molecule has 6 heteroatoms. The summed E-state index contributed by atoms with van der Waals surface area (Å²) in [6, 6.07) is 5.09. The number of hydrogen-bond acceptors (Lipinski definition) is 3. The van der Waals surface area contributed by atoms with Crippen molar-refractivity contribution in [2.45, 2.75) is 25.4 Å². The normalized spacial score (nSPS) is 20.2. The largest absolute Gasteiger partial charge is 0.480 e. The fraction of sp³-hybridized carbons (Fsp3) is 0.385. The zero-order valence-electron chi connectivity index (χ0n) is 10.3. The highest BCUT2D eigenvalue weighted by Gasteiger charge is 2.30. The number of fused-ring (bicyclic) bond motifs is 1. The first-order valence-corrected chi connectivity index (χ1v) is 6.62. The molecule has 1 aromatic carbocycles. The Labute approximate surface area is 115 Å². The van der Waals surface area contributed by atoms with E-state index in [9.17, 15) is 4.79 Å². The van der Waals surface area contributed by atoms with E-state index >= 15 is 0 Å². The molecule has 0 spiro atoms. The number of nitrogens with zero attached hydrogens (tertiary/aromatic N) is 2. The minimum atomic E-state index is -0.753. The maximum absolute atomic E-state index is 11.1. The van der Waals surface area contributed by atoms with Crippen molar-refractivity contribution in [2.24, 2.45) is 0 Å². The van der Waals surface area contributed by atoms with E-state index in [1.807, 2.05) is 17.0 Å². The molecule has 0 aliphatic carbocycles. The number of carboxylic acid groups (broad SMARTS) is 1. The van der Waals surface area contributed by atoms with E-state index in [4.69, 9.17) is 16.7 Å². The van der Waals surface area contributed by atoms with Gasteiger partial charge in [-0.2, -0.15) is 0 Å². The molecule has 2 heterocycles. The summed E-state index contributed by atoms with van der Waals surface area (Å²) in [4.78, 5) is 20.7. The highest BCUT2D eigenvalue weighted by molar-refractivity contribution is 6.31. The molecule has 1 fully saturated rings. The van der Waals surface area contributed by atoms with E-state index in [1.54, 1.807) is 6.07 Å². The first kappa shape index (κ1) is 12.4. The molecule has 3 rings (SSSR count). The lowest BCUT2D eigenvalue weighted by Crippen LogP contribution is -2.35. The number of aliphatic carboxylic acids is 1. The lowest BCUT2D eigenvalue weighted by Gasteiger charge is -2.19. The molecule has 0 amide bonds. The third-order valence-electron chi connectivity index (χ3n) is 3.49. The van der Waals surface area contributed by atoms with Crippen LogP contribution in [0.2, 0.25) is 5.02 Å². The van der Waals surface area contributed by atoms with Gasteiger partial charge in [-0.3, -0.25) is 9.69 Å². The Kier molecular flexibility index (Phi) is 3.16. The Morgan fingerprint density at radius 1 is 1.58 bits per heavy atom. The minimum Gasteiger partial charge on any atom is -0.480 e. The van der Waals surface area contributed by atoms with Gasteiger partial charge in [0.25, 0.3) is 0 Å². The smallest absolute Gasteiger partial charge is 0.320 e. The van der Waals surface area contributed by atoms with Gasteiger partial charge in [-0.25, -0.2) is 4.98 Å². The van der Waals surface area contributed by atoms with E-state index in [0.29, 0.717) is 18.0 Å². The van der Waals surface area contributed by atoms with Crippen LogP contribution >= 0.6 is 11.6 Å². The van der Waals surface area contributed by atoms with Crippen LogP contribution in [-0.2, 0) is 11.3 Å². The quantitative estimate of drug-likeness (QED) is 0.904. The molecule has 0 saturated carbocycles. The highest BCUT2D eigenvalue weighted by atomic mass is 35.5. The second-order valence-corrected chi connectivity index (χ2v) is 5.25. The summed E-state index contributed by atoms with van der Waals surface area (Å²) in [6.07, 6.45) is 1.63. The monoisotopic (exact) mass is 279 g/mol. The Morgan fingerprint density at radius 2 is 2.42 bits per heavy atom. The molecule has 2 aromatic rings. The van der Waals surface area contributed by atoms with Gasteiger partial charge in [0.15, 0.2) is 0 Å². The number of H-pyrrole nitrogens is 1. The molecule has 1 aromatic heterocycles. The molecule has 1 unspecified atom stereocenters. The van der Waals surface area contributed by atoms with Crippen LogP contribution in [0.1, 0.15) is 18.7 Å². The van der Waals surface area contributed by atoms with E-state index in [-0.39, 0.29) is 0 Å². The third-order valence-corrected chi connectivity index (χ3v) is 3.73. The molecule has 1 saturated heterocycles. The van der Waals surface area contributed by atoms with Crippen molar-refractivity contribution >= 4 is 28.6 Å². The van der Waals surface area contributed by atoms with Gasteiger partial charge in [0, 0.05) is 5.02 Å². The number of carbonyl (C=O) groups is 1. The van der Waals surface area contributed by atoms with Gasteiger partial charge < -0.3 is 10.1 Å². The second kappa shape index (κ2) is 4.83. The summed E-state index contributed by atoms with van der Waals surface area (Å²) in [6.45, 7) is 1.33. The number of aromatic amines is 1. The van der Waals surface area contributed by atoms with E-state index in [0.717, 1.165) is 29.8 Å². The van der Waals surface area contributed by atoms with Crippen molar-refractivity contribution in [3.63, 3.8) is 0 Å². The molecule has 5 nitrogen and oxygen atoms in total. The van der Waals surface area contributed by atoms with Gasteiger partial charge in [-0.15, -0.1) is 0 Å². The van der Waals surface area contributed by atoms with Crippen molar-refractivity contribution in [1.29, 1.82) is 0 Å². The molecule has 1 aliphatic rings. The average molecular weight is 280 g/mol. The molecular formula is C13H14ClN3O2. The highest BCUT2D eigenvalue weighted by Crippen LogP contribution is 2.22. The molecule has 2 N–H and O–H groups in total. The summed E-state index contributed by atoms with van der Waals surface area (Å²) in [5, 5.41) is 9.81. The van der Waals surface area contributed by atoms with Crippen molar-refractivity contribution in [1.82, 2.24) is 14.9 Å². The van der Waals surface area contributed by atoms with Crippen LogP contribution in [0.5, 0.6) is 0 Å². The van der Waals surface area contributed by atoms with Gasteiger partial charge >= 0.3 is 5.97 Å². The number of rotatable bonds is 3. The van der Waals surface area contributed by atoms with Crippen LogP contribution in [0, 0.1) is 0 Å². The molecule has 0 bridgehead atoms. The number of halogens is 1. The van der Waals surface area contributed by atoms with E-state index in [1.165, 1.54) is 0 Å². The molecule has 19 heavy (non-hydrogen) atoms. The van der Waals surface area contributed by atoms with Crippen molar-refractivity contribution in [3.05, 3.63) is 29.0 Å².